The first kappa shape index (κ1) is 9.73. The summed E-state index contributed by atoms with van der Waals surface area (Å²) in [5, 5.41) is 3.06. The molecular weight excluding hydrogens is 184 g/mol. The molecule has 5 heteroatoms. The Bertz CT molecular complexity index is 198. The maximum Gasteiger partial charge on any atom is 0.410 e. The van der Waals surface area contributed by atoms with Crippen molar-refractivity contribution in [2.75, 3.05) is 39.4 Å². The molecule has 2 aliphatic rings. The third-order valence-electron chi connectivity index (χ3n) is 2.49. The lowest BCUT2D eigenvalue weighted by Gasteiger charge is -2.29. The first-order valence-corrected chi connectivity index (χ1v) is 5.10. The predicted octanol–water partition coefficient (Wildman–Crippen LogP) is -0.183. The Morgan fingerprint density at radius 1 is 1.36 bits per heavy atom. The Hall–Kier alpha value is -0.810. The summed E-state index contributed by atoms with van der Waals surface area (Å²) in [7, 11) is 0. The molecule has 0 aliphatic carbocycles. The number of nitrogens with one attached hydrogen (secondary N) is 1. The minimum Gasteiger partial charge on any atom is -0.443 e. The van der Waals surface area contributed by atoms with Gasteiger partial charge in [0.25, 0.3) is 0 Å². The van der Waals surface area contributed by atoms with Crippen LogP contribution in [0.3, 0.4) is 0 Å². The van der Waals surface area contributed by atoms with Crippen LogP contribution in [0.1, 0.15) is 6.42 Å². The van der Waals surface area contributed by atoms with E-state index in [0.29, 0.717) is 13.2 Å². The average molecular weight is 200 g/mol. The summed E-state index contributed by atoms with van der Waals surface area (Å²) < 4.78 is 10.5. The van der Waals surface area contributed by atoms with Crippen LogP contribution in [0, 0.1) is 0 Å². The van der Waals surface area contributed by atoms with E-state index in [1.165, 1.54) is 0 Å². The number of ether oxygens (including phenoxy) is 2. The molecule has 0 aromatic heterocycles. The van der Waals surface area contributed by atoms with Crippen LogP contribution >= 0.6 is 0 Å². The van der Waals surface area contributed by atoms with Crippen molar-refractivity contribution >= 4 is 6.09 Å². The lowest BCUT2D eigenvalue weighted by atomic mass is 10.2. The van der Waals surface area contributed by atoms with E-state index in [1.807, 2.05) is 0 Å². The zero-order valence-corrected chi connectivity index (χ0v) is 8.20. The van der Waals surface area contributed by atoms with Crippen LogP contribution in [-0.2, 0) is 9.47 Å². The largest absolute Gasteiger partial charge is 0.443 e. The van der Waals surface area contributed by atoms with Gasteiger partial charge in [-0.15, -0.1) is 0 Å². The highest BCUT2D eigenvalue weighted by molar-refractivity contribution is 5.68. The van der Waals surface area contributed by atoms with Crippen molar-refractivity contribution in [1.29, 1.82) is 0 Å². The summed E-state index contributed by atoms with van der Waals surface area (Å²) in [6, 6.07) is 0. The van der Waals surface area contributed by atoms with E-state index >= 15 is 0 Å². The van der Waals surface area contributed by atoms with Crippen LogP contribution in [0.2, 0.25) is 0 Å². The van der Waals surface area contributed by atoms with Crippen molar-refractivity contribution in [1.82, 2.24) is 10.2 Å². The van der Waals surface area contributed by atoms with Gasteiger partial charge in [0.15, 0.2) is 0 Å². The second-order valence-electron chi connectivity index (χ2n) is 3.62. The molecule has 2 rings (SSSR count). The fraction of sp³-hybridized carbons (Fsp3) is 0.889. The summed E-state index contributed by atoms with van der Waals surface area (Å²) in [6.45, 7) is 4.34. The number of carbonyl (C=O) groups is 1. The van der Waals surface area contributed by atoms with Crippen molar-refractivity contribution < 1.29 is 14.3 Å². The minimum atomic E-state index is -0.193. The van der Waals surface area contributed by atoms with E-state index in [-0.39, 0.29) is 12.2 Å². The van der Waals surface area contributed by atoms with Gasteiger partial charge in [-0.3, -0.25) is 0 Å². The molecule has 5 nitrogen and oxygen atoms in total. The standard InChI is InChI=1S/C9H16N2O3/c12-9(14-8-6-10-7-8)11-2-1-4-13-5-3-11/h8,10H,1-7H2. The molecule has 2 heterocycles. The Morgan fingerprint density at radius 2 is 2.21 bits per heavy atom. The molecule has 2 aliphatic heterocycles. The molecule has 0 aromatic rings. The van der Waals surface area contributed by atoms with Crippen molar-refractivity contribution in [3.05, 3.63) is 0 Å². The van der Waals surface area contributed by atoms with Crippen molar-refractivity contribution in [3.63, 3.8) is 0 Å². The number of hydrogen-bond donors (Lipinski definition) is 1. The van der Waals surface area contributed by atoms with Crippen LogP contribution in [0.5, 0.6) is 0 Å². The van der Waals surface area contributed by atoms with E-state index in [4.69, 9.17) is 9.47 Å². The zero-order chi connectivity index (χ0) is 9.80. The van der Waals surface area contributed by atoms with E-state index in [1.54, 1.807) is 4.90 Å². The van der Waals surface area contributed by atoms with Gasteiger partial charge in [-0.05, 0) is 6.42 Å². The van der Waals surface area contributed by atoms with Crippen molar-refractivity contribution in [3.8, 4) is 0 Å². The molecule has 2 fully saturated rings. The number of carbonyl (C=O) groups excluding carboxylic acids is 1. The van der Waals surface area contributed by atoms with Gasteiger partial charge in [0.1, 0.15) is 6.10 Å². The van der Waals surface area contributed by atoms with E-state index in [9.17, 15) is 4.79 Å². The first-order valence-electron chi connectivity index (χ1n) is 5.10. The quantitative estimate of drug-likeness (QED) is 0.638. The molecular formula is C9H16N2O3. The fourth-order valence-corrected chi connectivity index (χ4v) is 1.49. The molecule has 0 bridgehead atoms. The molecule has 80 valence electrons. The molecule has 0 aromatic carbocycles. The van der Waals surface area contributed by atoms with E-state index in [0.717, 1.165) is 32.7 Å². The smallest absolute Gasteiger partial charge is 0.410 e. The first-order chi connectivity index (χ1) is 6.86. The van der Waals surface area contributed by atoms with Crippen molar-refractivity contribution in [2.45, 2.75) is 12.5 Å². The highest BCUT2D eigenvalue weighted by Gasteiger charge is 2.24. The second kappa shape index (κ2) is 4.61. The molecule has 0 saturated carbocycles. The SMILES string of the molecule is O=C(OC1CNC1)N1CCCOCC1. The normalized spacial score (nSPS) is 23.9. The van der Waals surface area contributed by atoms with E-state index < -0.39 is 0 Å². The Morgan fingerprint density at radius 3 is 2.93 bits per heavy atom. The molecule has 0 spiro atoms. The maximum atomic E-state index is 11.6. The van der Waals surface area contributed by atoms with Gasteiger partial charge in [-0.1, -0.05) is 0 Å². The van der Waals surface area contributed by atoms with Crippen LogP contribution < -0.4 is 5.32 Å². The molecule has 14 heavy (non-hydrogen) atoms. The third kappa shape index (κ3) is 2.36. The molecule has 0 radical (unpaired) electrons. The average Bonchev–Trinajstić information content (AvgIpc) is 2.38. The topological polar surface area (TPSA) is 50.8 Å². The highest BCUT2D eigenvalue weighted by atomic mass is 16.6. The Balaban J connectivity index is 1.76. The Kier molecular flexibility index (Phi) is 3.21. The molecule has 1 N–H and O–H groups in total. The number of amides is 1. The summed E-state index contributed by atoms with van der Waals surface area (Å²) in [5.41, 5.74) is 0. The molecule has 1 amide bonds. The van der Waals surface area contributed by atoms with Crippen LogP contribution in [0.15, 0.2) is 0 Å². The zero-order valence-electron chi connectivity index (χ0n) is 8.20. The monoisotopic (exact) mass is 200 g/mol. The van der Waals surface area contributed by atoms with Gasteiger partial charge in [0, 0.05) is 32.8 Å². The van der Waals surface area contributed by atoms with Gasteiger partial charge in [-0.25, -0.2) is 4.79 Å². The number of nitrogens with zero attached hydrogens (tertiary/aromatic N) is 1. The second-order valence-corrected chi connectivity index (χ2v) is 3.62. The lowest BCUT2D eigenvalue weighted by molar-refractivity contribution is 0.0382. The molecule has 2 saturated heterocycles. The minimum absolute atomic E-state index is 0.0756. The predicted molar refractivity (Wildman–Crippen MR) is 50.1 cm³/mol. The van der Waals surface area contributed by atoms with Crippen LogP contribution in [0.4, 0.5) is 4.79 Å². The number of rotatable bonds is 1. The third-order valence-corrected chi connectivity index (χ3v) is 2.49. The number of hydrogen-bond acceptors (Lipinski definition) is 4. The fourth-order valence-electron chi connectivity index (χ4n) is 1.49. The van der Waals surface area contributed by atoms with Gasteiger partial charge in [0.2, 0.25) is 0 Å². The van der Waals surface area contributed by atoms with Gasteiger partial charge < -0.3 is 19.7 Å². The summed E-state index contributed by atoms with van der Waals surface area (Å²) >= 11 is 0. The maximum absolute atomic E-state index is 11.6. The summed E-state index contributed by atoms with van der Waals surface area (Å²) in [6.07, 6.45) is 0.784. The molecule has 0 unspecified atom stereocenters. The van der Waals surface area contributed by atoms with Gasteiger partial charge in [0.05, 0.1) is 6.61 Å². The van der Waals surface area contributed by atoms with E-state index in [2.05, 4.69) is 5.32 Å². The Labute approximate surface area is 83.3 Å². The highest BCUT2D eigenvalue weighted by Crippen LogP contribution is 2.05. The lowest BCUT2D eigenvalue weighted by Crippen LogP contribution is -2.51. The summed E-state index contributed by atoms with van der Waals surface area (Å²) in [4.78, 5) is 13.3. The van der Waals surface area contributed by atoms with Gasteiger partial charge in [-0.2, -0.15) is 0 Å². The summed E-state index contributed by atoms with van der Waals surface area (Å²) in [5.74, 6) is 0. The van der Waals surface area contributed by atoms with Gasteiger partial charge >= 0.3 is 6.09 Å². The molecule has 0 atom stereocenters. The van der Waals surface area contributed by atoms with Crippen LogP contribution in [0.25, 0.3) is 0 Å². The van der Waals surface area contributed by atoms with Crippen molar-refractivity contribution in [2.24, 2.45) is 0 Å². The van der Waals surface area contributed by atoms with Crippen LogP contribution in [-0.4, -0.2) is 56.5 Å².